The van der Waals surface area contributed by atoms with E-state index in [-0.39, 0.29) is 18.3 Å². The number of alkyl halides is 2. The number of hydrogen-bond donors (Lipinski definition) is 3. The molecule has 0 bridgehead atoms. The molecule has 36 heavy (non-hydrogen) atoms. The summed E-state index contributed by atoms with van der Waals surface area (Å²) in [7, 11) is -2.78. The van der Waals surface area contributed by atoms with Crippen LogP contribution < -0.4 is 4.74 Å². The Labute approximate surface area is 210 Å². The summed E-state index contributed by atoms with van der Waals surface area (Å²) in [6.45, 7) is -1.20. The van der Waals surface area contributed by atoms with Gasteiger partial charge in [-0.05, 0) is 29.3 Å². The lowest BCUT2D eigenvalue weighted by atomic mass is 10.0. The predicted molar refractivity (Wildman–Crippen MR) is 131 cm³/mol. The van der Waals surface area contributed by atoms with Gasteiger partial charge in [0.15, 0.2) is 11.8 Å². The molecule has 8 nitrogen and oxygen atoms in total. The van der Waals surface area contributed by atoms with E-state index in [2.05, 4.69) is 15.0 Å². The maximum Gasteiger partial charge on any atom is 0.314 e. The fourth-order valence-corrected chi connectivity index (χ4v) is 4.85. The van der Waals surface area contributed by atoms with Crippen LogP contribution in [0.3, 0.4) is 0 Å². The Bertz CT molecular complexity index is 1530. The molecule has 0 amide bonds. The third kappa shape index (κ3) is 4.55. The van der Waals surface area contributed by atoms with Crippen LogP contribution in [-0.2, 0) is 14.5 Å². The normalized spacial score (nSPS) is 20.9. The Morgan fingerprint density at radius 2 is 1.78 bits per heavy atom. The summed E-state index contributed by atoms with van der Waals surface area (Å²) in [5, 5.41) is 9.40. The van der Waals surface area contributed by atoms with Crippen LogP contribution in [0.25, 0.3) is 33.5 Å². The number of nitrogens with zero attached hydrogens (tertiary/aromatic N) is 2. The van der Waals surface area contributed by atoms with E-state index in [1.165, 1.54) is 6.26 Å². The summed E-state index contributed by atoms with van der Waals surface area (Å²) in [5.41, 5.74) is 3.64. The molecule has 1 saturated heterocycles. The molecule has 0 aliphatic carbocycles. The van der Waals surface area contributed by atoms with Crippen LogP contribution in [0.4, 0.5) is 8.78 Å². The smallest absolute Gasteiger partial charge is 0.314 e. The Morgan fingerprint density at radius 3 is 2.36 bits per heavy atom. The van der Waals surface area contributed by atoms with E-state index >= 15 is 0 Å². The zero-order chi connectivity index (χ0) is 25.7. The molecule has 2 aromatic carbocycles. The van der Waals surface area contributed by atoms with Crippen LogP contribution >= 0.6 is 11.6 Å². The number of fused-ring (bicyclic) bond motifs is 1. The van der Waals surface area contributed by atoms with Gasteiger partial charge in [-0.15, -0.1) is 0 Å². The molecule has 4 aromatic rings. The number of rotatable bonds is 6. The highest BCUT2D eigenvalue weighted by Crippen LogP contribution is 2.35. The Kier molecular flexibility index (Phi) is 6.19. The highest BCUT2D eigenvalue weighted by Gasteiger charge is 2.55. The van der Waals surface area contributed by atoms with Gasteiger partial charge in [0.1, 0.15) is 6.10 Å². The van der Waals surface area contributed by atoms with Crippen LogP contribution in [0, 0.1) is 4.78 Å². The number of hydrogen-bond acceptors (Lipinski definition) is 7. The van der Waals surface area contributed by atoms with Gasteiger partial charge in [0, 0.05) is 16.7 Å². The van der Waals surface area contributed by atoms with Crippen molar-refractivity contribution in [2.24, 2.45) is 0 Å². The second-order valence-corrected chi connectivity index (χ2v) is 11.0. The van der Waals surface area contributed by atoms with E-state index in [9.17, 15) is 13.0 Å². The SMILES string of the molecule is CS(=N)(=O)c1ccc(-c2ccc(-c3nc4nc(O[C@@H]5CO[C@H](CO)C5(F)F)[nH]c4cc3Cl)cc2)cc1. The summed E-state index contributed by atoms with van der Waals surface area (Å²) >= 11 is 6.45. The summed E-state index contributed by atoms with van der Waals surface area (Å²) in [6, 6.07) is 15.9. The van der Waals surface area contributed by atoms with Crippen molar-refractivity contribution in [2.45, 2.75) is 23.0 Å². The van der Waals surface area contributed by atoms with Crippen LogP contribution in [0.15, 0.2) is 59.5 Å². The Balaban J connectivity index is 1.39. The second kappa shape index (κ2) is 9.07. The zero-order valence-electron chi connectivity index (χ0n) is 18.9. The van der Waals surface area contributed by atoms with Crippen LogP contribution in [0.5, 0.6) is 6.01 Å². The second-order valence-electron chi connectivity index (χ2n) is 8.46. The molecule has 3 N–H and O–H groups in total. The standard InChI is InChI=1S/C24H21ClF2N4O4S/c1-36(28,33)16-8-6-14(7-9-16)13-2-4-15(5-3-13)21-17(25)10-18-22(30-21)31-23(29-18)35-20-12-34-19(11-32)24(20,26)27/h2-10,19-20,28,32H,11-12H2,1H3,(H,29,30,31)/t19-,20-,36?/m1/s1. The number of aliphatic hydroxyl groups excluding tert-OH is 1. The number of aliphatic hydroxyl groups is 1. The quantitative estimate of drug-likeness (QED) is 0.328. The summed E-state index contributed by atoms with van der Waals surface area (Å²) in [5.74, 6) is -3.37. The molecule has 12 heteroatoms. The van der Waals surface area contributed by atoms with Gasteiger partial charge in [0.25, 0.3) is 6.01 Å². The van der Waals surface area contributed by atoms with Crippen molar-refractivity contribution in [3.05, 3.63) is 59.6 Å². The molecule has 3 atom stereocenters. The number of benzene rings is 2. The first-order chi connectivity index (χ1) is 17.1. The minimum Gasteiger partial charge on any atom is -0.452 e. The molecular weight excluding hydrogens is 514 g/mol. The van der Waals surface area contributed by atoms with E-state index in [0.717, 1.165) is 16.7 Å². The van der Waals surface area contributed by atoms with Gasteiger partial charge in [0.2, 0.25) is 0 Å². The predicted octanol–water partition coefficient (Wildman–Crippen LogP) is 4.75. The monoisotopic (exact) mass is 534 g/mol. The average Bonchev–Trinajstić information content (AvgIpc) is 3.36. The van der Waals surface area contributed by atoms with E-state index in [4.69, 9.17) is 31.0 Å². The van der Waals surface area contributed by atoms with Gasteiger partial charge in [-0.25, -0.2) is 14.0 Å². The molecule has 1 aliphatic rings. The van der Waals surface area contributed by atoms with Gasteiger partial charge >= 0.3 is 5.92 Å². The lowest BCUT2D eigenvalue weighted by molar-refractivity contribution is -0.118. The maximum atomic E-state index is 14.3. The topological polar surface area (TPSA) is 121 Å². The number of ether oxygens (including phenoxy) is 2. The Hall–Kier alpha value is -3.12. The number of H-pyrrole nitrogens is 1. The highest BCUT2D eigenvalue weighted by atomic mass is 35.5. The summed E-state index contributed by atoms with van der Waals surface area (Å²) < 4.78 is 58.4. The molecule has 5 rings (SSSR count). The van der Waals surface area contributed by atoms with E-state index in [0.29, 0.717) is 21.1 Å². The van der Waals surface area contributed by atoms with Gasteiger partial charge < -0.3 is 19.6 Å². The summed E-state index contributed by atoms with van der Waals surface area (Å²) in [4.78, 5) is 11.9. The van der Waals surface area contributed by atoms with Gasteiger partial charge in [0.05, 0.1) is 39.2 Å². The molecular formula is C24H21ClF2N4O4S. The molecule has 1 unspecified atom stereocenters. The van der Waals surface area contributed by atoms with Crippen molar-refractivity contribution in [1.29, 1.82) is 4.78 Å². The molecule has 1 aliphatic heterocycles. The first kappa shape index (κ1) is 24.6. The van der Waals surface area contributed by atoms with E-state index < -0.39 is 34.5 Å². The van der Waals surface area contributed by atoms with Crippen molar-refractivity contribution < 1.29 is 27.6 Å². The third-order valence-corrected chi connectivity index (χ3v) is 7.39. The van der Waals surface area contributed by atoms with Crippen molar-refractivity contribution in [3.63, 3.8) is 0 Å². The van der Waals surface area contributed by atoms with Crippen molar-refractivity contribution in [2.75, 3.05) is 19.5 Å². The first-order valence-corrected chi connectivity index (χ1v) is 13.2. The summed E-state index contributed by atoms with van der Waals surface area (Å²) in [6.07, 6.45) is -1.85. The number of imidazole rings is 1. The molecule has 0 saturated carbocycles. The van der Waals surface area contributed by atoms with Gasteiger partial charge in [-0.3, -0.25) is 0 Å². The average molecular weight is 535 g/mol. The minimum absolute atomic E-state index is 0.153. The molecule has 1 fully saturated rings. The Morgan fingerprint density at radius 1 is 1.17 bits per heavy atom. The fourth-order valence-electron chi connectivity index (χ4n) is 3.94. The highest BCUT2D eigenvalue weighted by molar-refractivity contribution is 7.91. The molecule has 2 aromatic heterocycles. The zero-order valence-corrected chi connectivity index (χ0v) is 20.4. The van der Waals surface area contributed by atoms with E-state index in [1.807, 2.05) is 36.4 Å². The lowest BCUT2D eigenvalue weighted by Crippen LogP contribution is -2.43. The molecule has 0 spiro atoms. The van der Waals surface area contributed by atoms with Gasteiger partial charge in [-0.2, -0.15) is 13.8 Å². The fraction of sp³-hybridized carbons (Fsp3) is 0.250. The number of nitrogens with one attached hydrogen (secondary N) is 2. The third-order valence-electron chi connectivity index (χ3n) is 5.93. The number of aromatic amines is 1. The number of pyridine rings is 1. The molecule has 188 valence electrons. The van der Waals surface area contributed by atoms with Crippen molar-refractivity contribution in [3.8, 4) is 28.4 Å². The molecule has 3 heterocycles. The van der Waals surface area contributed by atoms with E-state index in [1.54, 1.807) is 18.2 Å². The van der Waals surface area contributed by atoms with Gasteiger partial charge in [-0.1, -0.05) is 48.0 Å². The lowest BCUT2D eigenvalue weighted by Gasteiger charge is -2.20. The maximum absolute atomic E-state index is 14.3. The first-order valence-electron chi connectivity index (χ1n) is 10.8. The van der Waals surface area contributed by atoms with Crippen molar-refractivity contribution >= 4 is 32.5 Å². The van der Waals surface area contributed by atoms with Crippen molar-refractivity contribution in [1.82, 2.24) is 15.0 Å². The number of halogens is 3. The van der Waals surface area contributed by atoms with Crippen LogP contribution in [0.1, 0.15) is 0 Å². The largest absolute Gasteiger partial charge is 0.452 e. The minimum atomic E-state index is -3.37. The molecule has 0 radical (unpaired) electrons. The van der Waals surface area contributed by atoms with Crippen LogP contribution in [-0.4, -0.2) is 61.9 Å². The van der Waals surface area contributed by atoms with Crippen LogP contribution in [0.2, 0.25) is 5.02 Å². The number of aromatic nitrogens is 3.